The van der Waals surface area contributed by atoms with E-state index in [0.717, 1.165) is 17.7 Å². The first-order valence-electron chi connectivity index (χ1n) is 10.9. The molecule has 9 nitrogen and oxygen atoms in total. The van der Waals surface area contributed by atoms with Gasteiger partial charge in [-0.3, -0.25) is 4.79 Å². The van der Waals surface area contributed by atoms with Crippen LogP contribution in [0, 0.1) is 6.92 Å². The Bertz CT molecular complexity index is 1140. The summed E-state index contributed by atoms with van der Waals surface area (Å²) in [5.74, 6) is 0.969. The molecule has 1 aliphatic heterocycles. The maximum atomic E-state index is 12.5. The van der Waals surface area contributed by atoms with Crippen molar-refractivity contribution < 1.29 is 14.3 Å². The standard InChI is InChI=1S/C24H26N6O3/c1-4-20-14-33-24(32)30(20)23-27-16(3)26-22(29-23)25-15(2)17-10-12-18(13-11-17)21(31)28-19-8-6-5-7-9-19/h5-13,15,20H,4,14H2,1-3H3,(H,28,31)(H,25,26,27,29)/t15-,20?/m0/s1. The second-order valence-corrected chi connectivity index (χ2v) is 7.82. The predicted octanol–water partition coefficient (Wildman–Crippen LogP) is 4.34. The molecule has 0 spiro atoms. The number of hydrogen-bond donors (Lipinski definition) is 2. The number of carbonyl (C=O) groups excluding carboxylic acids is 2. The number of benzene rings is 2. The maximum Gasteiger partial charge on any atom is 0.417 e. The lowest BCUT2D eigenvalue weighted by Crippen LogP contribution is -2.34. The zero-order valence-corrected chi connectivity index (χ0v) is 18.8. The molecule has 4 rings (SSSR count). The normalized spacial score (nSPS) is 16.3. The van der Waals surface area contributed by atoms with Gasteiger partial charge in [0.15, 0.2) is 0 Å². The van der Waals surface area contributed by atoms with Gasteiger partial charge in [0.2, 0.25) is 11.9 Å². The fourth-order valence-electron chi connectivity index (χ4n) is 3.57. The minimum Gasteiger partial charge on any atom is -0.447 e. The third-order valence-electron chi connectivity index (χ3n) is 5.43. The number of nitrogens with one attached hydrogen (secondary N) is 2. The van der Waals surface area contributed by atoms with Crippen LogP contribution in [0.3, 0.4) is 0 Å². The summed E-state index contributed by atoms with van der Waals surface area (Å²) in [5.41, 5.74) is 2.26. The molecular formula is C24H26N6O3. The molecule has 1 saturated heterocycles. The minimum atomic E-state index is -0.448. The number of nitrogens with zero attached hydrogens (tertiary/aromatic N) is 4. The van der Waals surface area contributed by atoms with Crippen molar-refractivity contribution in [3.8, 4) is 0 Å². The number of para-hydroxylation sites is 1. The molecule has 1 aliphatic rings. The molecule has 0 saturated carbocycles. The van der Waals surface area contributed by atoms with Gasteiger partial charge in [-0.05, 0) is 50.1 Å². The van der Waals surface area contributed by atoms with Gasteiger partial charge >= 0.3 is 6.09 Å². The van der Waals surface area contributed by atoms with E-state index < -0.39 is 6.09 Å². The van der Waals surface area contributed by atoms with Gasteiger partial charge in [-0.2, -0.15) is 15.0 Å². The number of amides is 2. The van der Waals surface area contributed by atoms with E-state index in [0.29, 0.717) is 23.9 Å². The second kappa shape index (κ2) is 9.64. The first-order valence-corrected chi connectivity index (χ1v) is 10.9. The van der Waals surface area contributed by atoms with E-state index in [-0.39, 0.29) is 23.9 Å². The highest BCUT2D eigenvalue weighted by molar-refractivity contribution is 6.04. The quantitative estimate of drug-likeness (QED) is 0.555. The molecule has 9 heteroatoms. The summed E-state index contributed by atoms with van der Waals surface area (Å²) in [6.07, 6.45) is 0.288. The average Bonchev–Trinajstić information content (AvgIpc) is 3.20. The third-order valence-corrected chi connectivity index (χ3v) is 5.43. The van der Waals surface area contributed by atoms with Crippen molar-refractivity contribution >= 4 is 29.6 Å². The number of aromatic nitrogens is 3. The summed E-state index contributed by atoms with van der Waals surface area (Å²) >= 11 is 0. The number of carbonyl (C=O) groups is 2. The number of anilines is 3. The molecule has 0 aliphatic carbocycles. The van der Waals surface area contributed by atoms with Crippen LogP contribution in [0.25, 0.3) is 0 Å². The van der Waals surface area contributed by atoms with Gasteiger partial charge in [-0.1, -0.05) is 37.3 Å². The molecule has 2 atom stereocenters. The zero-order chi connectivity index (χ0) is 23.4. The van der Waals surface area contributed by atoms with E-state index >= 15 is 0 Å². The average molecular weight is 447 g/mol. The van der Waals surface area contributed by atoms with Crippen LogP contribution in [0.4, 0.5) is 22.4 Å². The van der Waals surface area contributed by atoms with E-state index in [1.54, 1.807) is 19.1 Å². The number of hydrogen-bond acceptors (Lipinski definition) is 7. The lowest BCUT2D eigenvalue weighted by atomic mass is 10.1. The lowest BCUT2D eigenvalue weighted by molar-refractivity contribution is 0.102. The van der Waals surface area contributed by atoms with E-state index in [9.17, 15) is 9.59 Å². The molecule has 0 radical (unpaired) electrons. The summed E-state index contributed by atoms with van der Waals surface area (Å²) in [7, 11) is 0. The SMILES string of the molecule is CCC1COC(=O)N1c1nc(C)nc(N[C@@H](C)c2ccc(C(=O)Nc3ccccc3)cc2)n1. The first-order chi connectivity index (χ1) is 15.9. The molecular weight excluding hydrogens is 420 g/mol. The van der Waals surface area contributed by atoms with Gasteiger partial charge in [0.25, 0.3) is 5.91 Å². The minimum absolute atomic E-state index is 0.0980. The number of cyclic esters (lactones) is 1. The first kappa shape index (κ1) is 22.2. The zero-order valence-electron chi connectivity index (χ0n) is 18.8. The highest BCUT2D eigenvalue weighted by atomic mass is 16.6. The molecule has 0 bridgehead atoms. The van der Waals surface area contributed by atoms with Crippen molar-refractivity contribution in [2.75, 3.05) is 22.1 Å². The molecule has 1 aromatic heterocycles. The molecule has 170 valence electrons. The van der Waals surface area contributed by atoms with Crippen LogP contribution in [0.15, 0.2) is 54.6 Å². The summed E-state index contributed by atoms with van der Waals surface area (Å²) in [6.45, 7) is 6.03. The van der Waals surface area contributed by atoms with E-state index in [1.165, 1.54) is 4.90 Å². The van der Waals surface area contributed by atoms with Gasteiger partial charge in [0.05, 0.1) is 12.1 Å². The third kappa shape index (κ3) is 5.08. The van der Waals surface area contributed by atoms with Gasteiger partial charge in [-0.25, -0.2) is 9.69 Å². The van der Waals surface area contributed by atoms with Crippen LogP contribution in [-0.2, 0) is 4.74 Å². The molecule has 1 fully saturated rings. The van der Waals surface area contributed by atoms with Crippen LogP contribution in [0.5, 0.6) is 0 Å². The van der Waals surface area contributed by atoms with Crippen LogP contribution < -0.4 is 15.5 Å². The number of aryl methyl sites for hydroxylation is 1. The Labute approximate surface area is 192 Å². The Balaban J connectivity index is 1.46. The topological polar surface area (TPSA) is 109 Å². The van der Waals surface area contributed by atoms with Crippen LogP contribution >= 0.6 is 0 Å². The van der Waals surface area contributed by atoms with Gasteiger partial charge in [0, 0.05) is 11.3 Å². The molecule has 33 heavy (non-hydrogen) atoms. The van der Waals surface area contributed by atoms with Crippen molar-refractivity contribution in [2.45, 2.75) is 39.3 Å². The Hall–Kier alpha value is -4.01. The van der Waals surface area contributed by atoms with Gasteiger partial charge < -0.3 is 15.4 Å². The fraction of sp³-hybridized carbons (Fsp3) is 0.292. The summed E-state index contributed by atoms with van der Waals surface area (Å²) < 4.78 is 5.16. The highest BCUT2D eigenvalue weighted by Gasteiger charge is 2.35. The molecule has 2 N–H and O–H groups in total. The Kier molecular flexibility index (Phi) is 6.48. The predicted molar refractivity (Wildman–Crippen MR) is 125 cm³/mol. The van der Waals surface area contributed by atoms with Crippen LogP contribution in [-0.4, -0.2) is 39.6 Å². The maximum absolute atomic E-state index is 12.5. The van der Waals surface area contributed by atoms with E-state index in [4.69, 9.17) is 4.74 Å². The van der Waals surface area contributed by atoms with Crippen molar-refractivity contribution in [3.05, 3.63) is 71.5 Å². The van der Waals surface area contributed by atoms with Crippen LogP contribution in [0.1, 0.15) is 48.1 Å². The van der Waals surface area contributed by atoms with Crippen molar-refractivity contribution in [3.63, 3.8) is 0 Å². The van der Waals surface area contributed by atoms with Crippen molar-refractivity contribution in [1.82, 2.24) is 15.0 Å². The number of ether oxygens (including phenoxy) is 1. The molecule has 2 aromatic carbocycles. The van der Waals surface area contributed by atoms with Gasteiger partial charge in [0.1, 0.15) is 12.4 Å². The van der Waals surface area contributed by atoms with E-state index in [2.05, 4.69) is 25.6 Å². The van der Waals surface area contributed by atoms with E-state index in [1.807, 2.05) is 56.3 Å². The Morgan fingerprint density at radius 2 is 1.85 bits per heavy atom. The molecule has 1 unspecified atom stereocenters. The van der Waals surface area contributed by atoms with Crippen molar-refractivity contribution in [2.24, 2.45) is 0 Å². The highest BCUT2D eigenvalue weighted by Crippen LogP contribution is 2.24. The smallest absolute Gasteiger partial charge is 0.417 e. The lowest BCUT2D eigenvalue weighted by Gasteiger charge is -2.20. The molecule has 2 amide bonds. The monoisotopic (exact) mass is 446 g/mol. The Morgan fingerprint density at radius 3 is 2.55 bits per heavy atom. The van der Waals surface area contributed by atoms with Crippen molar-refractivity contribution in [1.29, 1.82) is 0 Å². The second-order valence-electron chi connectivity index (χ2n) is 7.82. The molecule has 2 heterocycles. The Morgan fingerprint density at radius 1 is 1.12 bits per heavy atom. The summed E-state index contributed by atoms with van der Waals surface area (Å²) in [4.78, 5) is 39.2. The largest absolute Gasteiger partial charge is 0.447 e. The number of rotatable bonds is 7. The summed E-state index contributed by atoms with van der Waals surface area (Å²) in [6, 6.07) is 16.4. The van der Waals surface area contributed by atoms with Gasteiger partial charge in [-0.15, -0.1) is 0 Å². The fourth-order valence-corrected chi connectivity index (χ4v) is 3.57. The molecule has 3 aromatic rings. The summed E-state index contributed by atoms with van der Waals surface area (Å²) in [5, 5.41) is 6.13. The van der Waals surface area contributed by atoms with Crippen LogP contribution in [0.2, 0.25) is 0 Å².